The fraction of sp³-hybridized carbons (Fsp3) is 0.333. The summed E-state index contributed by atoms with van der Waals surface area (Å²) in [5.74, 6) is -0.340. The maximum Gasteiger partial charge on any atom is 0.253 e. The summed E-state index contributed by atoms with van der Waals surface area (Å²) in [4.78, 5) is 26.1. The molecular formula is C15H19N3O4S2. The Morgan fingerprint density at radius 3 is 2.50 bits per heavy atom. The third kappa shape index (κ3) is 4.11. The highest BCUT2D eigenvalue weighted by Gasteiger charge is 2.23. The molecule has 2 N–H and O–H groups in total. The molecule has 0 atom stereocenters. The van der Waals surface area contributed by atoms with Gasteiger partial charge in [-0.15, -0.1) is 11.3 Å². The van der Waals surface area contributed by atoms with E-state index in [4.69, 9.17) is 0 Å². The van der Waals surface area contributed by atoms with Gasteiger partial charge < -0.3 is 10.3 Å². The second-order valence-electron chi connectivity index (χ2n) is 4.93. The Hall–Kier alpha value is -1.97. The largest absolute Gasteiger partial charge is 0.347 e. The monoisotopic (exact) mass is 369 g/mol. The topological polar surface area (TPSA) is 99.3 Å². The molecule has 130 valence electrons. The first-order valence-electron chi connectivity index (χ1n) is 7.44. The van der Waals surface area contributed by atoms with Crippen molar-refractivity contribution in [1.29, 1.82) is 0 Å². The number of nitrogens with one attached hydrogen (secondary N) is 2. The second kappa shape index (κ2) is 7.73. The lowest BCUT2D eigenvalue weighted by Crippen LogP contribution is -2.30. The van der Waals surface area contributed by atoms with Crippen LogP contribution in [-0.4, -0.2) is 36.7 Å². The number of nitrogens with zero attached hydrogens (tertiary/aromatic N) is 1. The van der Waals surface area contributed by atoms with Gasteiger partial charge in [0.1, 0.15) is 4.21 Å². The van der Waals surface area contributed by atoms with Crippen molar-refractivity contribution in [3.63, 3.8) is 0 Å². The standard InChI is InChI=1S/C15H19N3O4S2/c1-3-18(4-2)24(21,22)14-8-6-12(23-14)10-17-15(20)11-5-7-13(19)16-9-11/h5-9H,3-4,10H2,1-2H3,(H,16,19)(H,17,20). The highest BCUT2D eigenvalue weighted by Crippen LogP contribution is 2.24. The van der Waals surface area contributed by atoms with Crippen LogP contribution in [0.1, 0.15) is 29.1 Å². The molecule has 0 saturated carbocycles. The van der Waals surface area contributed by atoms with E-state index in [9.17, 15) is 18.0 Å². The lowest BCUT2D eigenvalue weighted by molar-refractivity contribution is 0.0951. The third-order valence-corrected chi connectivity index (χ3v) is 7.01. The highest BCUT2D eigenvalue weighted by molar-refractivity contribution is 7.91. The molecule has 2 rings (SSSR count). The van der Waals surface area contributed by atoms with Crippen molar-refractivity contribution in [1.82, 2.24) is 14.6 Å². The van der Waals surface area contributed by atoms with E-state index in [0.29, 0.717) is 18.7 Å². The fourth-order valence-electron chi connectivity index (χ4n) is 2.10. The summed E-state index contributed by atoms with van der Waals surface area (Å²) < 4.78 is 26.5. The predicted octanol–water partition coefficient (Wildman–Crippen LogP) is 1.40. The van der Waals surface area contributed by atoms with Crippen molar-refractivity contribution in [3.05, 3.63) is 51.3 Å². The van der Waals surface area contributed by atoms with Gasteiger partial charge in [-0.25, -0.2) is 8.42 Å². The first kappa shape index (κ1) is 18.4. The van der Waals surface area contributed by atoms with Crippen LogP contribution in [0.3, 0.4) is 0 Å². The molecule has 9 heteroatoms. The Kier molecular flexibility index (Phi) is 5.92. The summed E-state index contributed by atoms with van der Waals surface area (Å²) in [6, 6.07) is 5.95. The molecule has 0 saturated heterocycles. The Morgan fingerprint density at radius 2 is 1.92 bits per heavy atom. The molecule has 0 aliphatic rings. The lowest BCUT2D eigenvalue weighted by atomic mass is 10.2. The Morgan fingerprint density at radius 1 is 1.21 bits per heavy atom. The number of hydrogen-bond donors (Lipinski definition) is 2. The van der Waals surface area contributed by atoms with E-state index in [1.807, 2.05) is 0 Å². The second-order valence-corrected chi connectivity index (χ2v) is 8.27. The summed E-state index contributed by atoms with van der Waals surface area (Å²) >= 11 is 1.14. The minimum atomic E-state index is -3.48. The van der Waals surface area contributed by atoms with Gasteiger partial charge in [0.25, 0.3) is 15.9 Å². The summed E-state index contributed by atoms with van der Waals surface area (Å²) in [6.07, 6.45) is 1.34. The van der Waals surface area contributed by atoms with Crippen LogP contribution in [-0.2, 0) is 16.6 Å². The number of pyridine rings is 1. The number of carbonyl (C=O) groups is 1. The summed E-state index contributed by atoms with van der Waals surface area (Å²) in [6.45, 7) is 4.63. The zero-order valence-corrected chi connectivity index (χ0v) is 15.0. The van der Waals surface area contributed by atoms with Crippen molar-refractivity contribution in [2.75, 3.05) is 13.1 Å². The van der Waals surface area contributed by atoms with Gasteiger partial charge >= 0.3 is 0 Å². The number of aromatic nitrogens is 1. The van der Waals surface area contributed by atoms with Crippen LogP contribution in [0, 0.1) is 0 Å². The number of carbonyl (C=O) groups excluding carboxylic acids is 1. The molecular weight excluding hydrogens is 350 g/mol. The average molecular weight is 369 g/mol. The van der Waals surface area contributed by atoms with Crippen LogP contribution in [0.5, 0.6) is 0 Å². The average Bonchev–Trinajstić information content (AvgIpc) is 3.04. The van der Waals surface area contributed by atoms with E-state index >= 15 is 0 Å². The van der Waals surface area contributed by atoms with Crippen LogP contribution < -0.4 is 10.9 Å². The van der Waals surface area contributed by atoms with Crippen molar-refractivity contribution >= 4 is 27.3 Å². The van der Waals surface area contributed by atoms with E-state index in [1.165, 1.54) is 22.6 Å². The number of thiophene rings is 1. The molecule has 24 heavy (non-hydrogen) atoms. The van der Waals surface area contributed by atoms with Gasteiger partial charge in [-0.3, -0.25) is 9.59 Å². The van der Waals surface area contributed by atoms with Crippen LogP contribution in [0.2, 0.25) is 0 Å². The molecule has 2 heterocycles. The summed E-state index contributed by atoms with van der Waals surface area (Å²) in [5, 5.41) is 2.70. The van der Waals surface area contributed by atoms with Crippen molar-refractivity contribution in [3.8, 4) is 0 Å². The molecule has 0 fully saturated rings. The maximum atomic E-state index is 12.4. The van der Waals surface area contributed by atoms with E-state index in [0.717, 1.165) is 16.2 Å². The first-order valence-corrected chi connectivity index (χ1v) is 9.70. The van der Waals surface area contributed by atoms with Gasteiger partial charge in [-0.1, -0.05) is 13.8 Å². The fourth-order valence-corrected chi connectivity index (χ4v) is 5.01. The van der Waals surface area contributed by atoms with E-state index in [2.05, 4.69) is 10.3 Å². The molecule has 0 aliphatic heterocycles. The van der Waals surface area contributed by atoms with Gasteiger partial charge in [-0.2, -0.15) is 4.31 Å². The number of rotatable bonds is 7. The number of hydrogen-bond acceptors (Lipinski definition) is 5. The van der Waals surface area contributed by atoms with Crippen LogP contribution >= 0.6 is 11.3 Å². The van der Waals surface area contributed by atoms with E-state index in [-0.39, 0.29) is 22.2 Å². The Bertz CT molecular complexity index is 846. The summed E-state index contributed by atoms with van der Waals surface area (Å²) in [5.41, 5.74) is 0.0539. The Balaban J connectivity index is 2.05. The summed E-state index contributed by atoms with van der Waals surface area (Å²) in [7, 11) is -3.48. The minimum absolute atomic E-state index is 0.219. The molecule has 0 radical (unpaired) electrons. The Labute approximate surface area is 144 Å². The number of amides is 1. The molecule has 0 aromatic carbocycles. The highest BCUT2D eigenvalue weighted by atomic mass is 32.2. The minimum Gasteiger partial charge on any atom is -0.347 e. The SMILES string of the molecule is CCN(CC)S(=O)(=O)c1ccc(CNC(=O)c2ccc(=O)[nH]c2)s1. The number of aromatic amines is 1. The van der Waals surface area contributed by atoms with E-state index < -0.39 is 10.0 Å². The smallest absolute Gasteiger partial charge is 0.253 e. The molecule has 0 unspecified atom stereocenters. The number of sulfonamides is 1. The van der Waals surface area contributed by atoms with Crippen molar-refractivity contribution < 1.29 is 13.2 Å². The van der Waals surface area contributed by atoms with Crippen LogP contribution in [0.25, 0.3) is 0 Å². The molecule has 1 amide bonds. The van der Waals surface area contributed by atoms with Crippen molar-refractivity contribution in [2.24, 2.45) is 0 Å². The lowest BCUT2D eigenvalue weighted by Gasteiger charge is -2.16. The first-order chi connectivity index (χ1) is 11.4. The predicted molar refractivity (Wildman–Crippen MR) is 92.7 cm³/mol. The maximum absolute atomic E-state index is 12.4. The number of H-pyrrole nitrogens is 1. The molecule has 0 bridgehead atoms. The van der Waals surface area contributed by atoms with Gasteiger partial charge in [-0.05, 0) is 18.2 Å². The van der Waals surface area contributed by atoms with Crippen LogP contribution in [0.4, 0.5) is 0 Å². The van der Waals surface area contributed by atoms with Gasteiger partial charge in [0.2, 0.25) is 5.56 Å². The molecule has 2 aromatic heterocycles. The van der Waals surface area contributed by atoms with Gasteiger partial charge in [0.05, 0.1) is 12.1 Å². The van der Waals surface area contributed by atoms with Crippen molar-refractivity contribution in [2.45, 2.75) is 24.6 Å². The quantitative estimate of drug-likeness (QED) is 0.770. The molecule has 7 nitrogen and oxygen atoms in total. The zero-order chi connectivity index (χ0) is 17.7. The molecule has 0 spiro atoms. The van der Waals surface area contributed by atoms with Gasteiger partial charge in [0.15, 0.2) is 0 Å². The van der Waals surface area contributed by atoms with E-state index in [1.54, 1.807) is 26.0 Å². The van der Waals surface area contributed by atoms with Crippen LogP contribution in [0.15, 0.2) is 39.5 Å². The normalized spacial score (nSPS) is 11.6. The zero-order valence-electron chi connectivity index (χ0n) is 13.4. The molecule has 2 aromatic rings. The molecule has 0 aliphatic carbocycles. The van der Waals surface area contributed by atoms with Gasteiger partial charge in [0, 0.05) is 30.2 Å². The third-order valence-electron chi connectivity index (χ3n) is 3.41.